The molecule has 0 aliphatic carbocycles. The second-order valence-electron chi connectivity index (χ2n) is 5.55. The molecule has 1 aromatic carbocycles. The number of aromatic nitrogens is 2. The van der Waals surface area contributed by atoms with Gasteiger partial charge in [0.1, 0.15) is 5.82 Å². The molecule has 120 valence electrons. The predicted molar refractivity (Wildman–Crippen MR) is 89.3 cm³/mol. The van der Waals surface area contributed by atoms with Gasteiger partial charge in [-0.25, -0.2) is 9.78 Å². The lowest BCUT2D eigenvalue weighted by Crippen LogP contribution is -2.20. The first-order valence-electron chi connectivity index (χ1n) is 7.72. The summed E-state index contributed by atoms with van der Waals surface area (Å²) in [6.07, 6.45) is 2.38. The Morgan fingerprint density at radius 2 is 1.96 bits per heavy atom. The zero-order valence-electron chi connectivity index (χ0n) is 13.4. The van der Waals surface area contributed by atoms with E-state index in [1.165, 1.54) is 20.0 Å². The van der Waals surface area contributed by atoms with Crippen molar-refractivity contribution in [2.75, 3.05) is 30.4 Å². The molecule has 0 bridgehead atoms. The summed E-state index contributed by atoms with van der Waals surface area (Å²) >= 11 is 0. The normalized spacial score (nSPS) is 13.9. The molecule has 0 atom stereocenters. The molecule has 0 radical (unpaired) electrons. The van der Waals surface area contributed by atoms with Crippen molar-refractivity contribution in [1.82, 2.24) is 9.97 Å². The molecule has 6 nitrogen and oxygen atoms in total. The minimum absolute atomic E-state index is 0.388. The number of para-hydroxylation sites is 1. The zero-order chi connectivity index (χ0) is 16.2. The Labute approximate surface area is 135 Å². The van der Waals surface area contributed by atoms with E-state index >= 15 is 0 Å². The molecule has 1 aliphatic heterocycles. The van der Waals surface area contributed by atoms with Crippen LogP contribution in [0.4, 0.5) is 17.5 Å². The van der Waals surface area contributed by atoms with Gasteiger partial charge in [-0.15, -0.1) is 0 Å². The van der Waals surface area contributed by atoms with Crippen molar-refractivity contribution in [3.05, 3.63) is 41.6 Å². The van der Waals surface area contributed by atoms with Gasteiger partial charge < -0.3 is 15.0 Å². The summed E-state index contributed by atoms with van der Waals surface area (Å²) in [5.74, 6) is 1.02. The number of rotatable bonds is 4. The van der Waals surface area contributed by atoms with Crippen LogP contribution < -0.4 is 10.2 Å². The Hall–Kier alpha value is -2.63. The average molecular weight is 312 g/mol. The van der Waals surface area contributed by atoms with Gasteiger partial charge in [0.25, 0.3) is 0 Å². The maximum Gasteiger partial charge on any atom is 0.339 e. The molecule has 1 aromatic heterocycles. The predicted octanol–water partition coefficient (Wildman–Crippen LogP) is 2.92. The molecular weight excluding hydrogens is 292 g/mol. The first-order chi connectivity index (χ1) is 11.2. The van der Waals surface area contributed by atoms with E-state index in [9.17, 15) is 4.79 Å². The largest absolute Gasteiger partial charge is 0.465 e. The van der Waals surface area contributed by atoms with Crippen molar-refractivity contribution in [3.63, 3.8) is 0 Å². The van der Waals surface area contributed by atoms with E-state index < -0.39 is 0 Å². The molecule has 0 unspecified atom stereocenters. The van der Waals surface area contributed by atoms with Crippen LogP contribution in [-0.4, -0.2) is 36.1 Å². The number of benzene rings is 1. The maximum atomic E-state index is 11.9. The lowest BCUT2D eigenvalue weighted by atomic mass is 10.2. The third-order valence-electron chi connectivity index (χ3n) is 3.85. The number of methoxy groups -OCH3 is 1. The van der Waals surface area contributed by atoms with Crippen LogP contribution in [0.5, 0.6) is 0 Å². The van der Waals surface area contributed by atoms with Crippen LogP contribution in [0.2, 0.25) is 0 Å². The number of carbonyl (C=O) groups excluding carboxylic acids is 1. The van der Waals surface area contributed by atoms with Crippen molar-refractivity contribution in [2.24, 2.45) is 0 Å². The number of ether oxygens (including phenoxy) is 1. The second-order valence-corrected chi connectivity index (χ2v) is 5.55. The maximum absolute atomic E-state index is 11.9. The van der Waals surface area contributed by atoms with Gasteiger partial charge in [0.15, 0.2) is 0 Å². The van der Waals surface area contributed by atoms with E-state index in [2.05, 4.69) is 20.2 Å². The van der Waals surface area contributed by atoms with Crippen LogP contribution in [0, 0.1) is 6.92 Å². The fourth-order valence-electron chi connectivity index (χ4n) is 2.72. The molecule has 1 N–H and O–H groups in total. The molecule has 0 amide bonds. The molecule has 23 heavy (non-hydrogen) atoms. The summed E-state index contributed by atoms with van der Waals surface area (Å²) in [5, 5.41) is 3.14. The number of esters is 1. The molecule has 0 spiro atoms. The molecule has 2 heterocycles. The Morgan fingerprint density at radius 1 is 1.22 bits per heavy atom. The monoisotopic (exact) mass is 312 g/mol. The highest BCUT2D eigenvalue weighted by Gasteiger charge is 2.16. The number of carbonyl (C=O) groups is 1. The molecule has 3 rings (SSSR count). The van der Waals surface area contributed by atoms with Gasteiger partial charge in [-0.05, 0) is 31.9 Å². The summed E-state index contributed by atoms with van der Waals surface area (Å²) < 4.78 is 4.82. The van der Waals surface area contributed by atoms with E-state index in [4.69, 9.17) is 4.74 Å². The van der Waals surface area contributed by atoms with Gasteiger partial charge in [0.2, 0.25) is 5.95 Å². The molecule has 2 aromatic rings. The summed E-state index contributed by atoms with van der Waals surface area (Å²) in [4.78, 5) is 23.1. The molecule has 1 saturated heterocycles. The molecule has 1 fully saturated rings. The van der Waals surface area contributed by atoms with E-state index in [-0.39, 0.29) is 5.97 Å². The summed E-state index contributed by atoms with van der Waals surface area (Å²) in [6, 6.07) is 9.16. The average Bonchev–Trinajstić information content (AvgIpc) is 3.08. The van der Waals surface area contributed by atoms with Crippen LogP contribution in [0.25, 0.3) is 0 Å². The summed E-state index contributed by atoms with van der Waals surface area (Å²) in [7, 11) is 1.37. The summed E-state index contributed by atoms with van der Waals surface area (Å²) in [6.45, 7) is 3.99. The van der Waals surface area contributed by atoms with E-state index in [1.54, 1.807) is 12.1 Å². The number of nitrogens with zero attached hydrogens (tertiary/aromatic N) is 3. The Kier molecular flexibility index (Phi) is 4.41. The lowest BCUT2D eigenvalue weighted by molar-refractivity contribution is 0.0602. The highest BCUT2D eigenvalue weighted by Crippen LogP contribution is 2.23. The van der Waals surface area contributed by atoms with Crippen LogP contribution in [0.3, 0.4) is 0 Å². The summed E-state index contributed by atoms with van der Waals surface area (Å²) in [5.41, 5.74) is 1.99. The van der Waals surface area contributed by atoms with Gasteiger partial charge in [0, 0.05) is 24.8 Å². The van der Waals surface area contributed by atoms with Crippen LogP contribution in [-0.2, 0) is 4.74 Å². The second kappa shape index (κ2) is 6.64. The smallest absolute Gasteiger partial charge is 0.339 e. The first kappa shape index (κ1) is 15.3. The molecule has 1 aliphatic rings. The lowest BCUT2D eigenvalue weighted by Gasteiger charge is -2.18. The number of anilines is 3. The molecule has 0 saturated carbocycles. The Balaban J connectivity index is 1.90. The molecular formula is C17H20N4O2. The Bertz CT molecular complexity index is 711. The molecule has 6 heteroatoms. The quantitative estimate of drug-likeness (QED) is 0.876. The minimum atomic E-state index is -0.388. The highest BCUT2D eigenvalue weighted by atomic mass is 16.5. The third-order valence-corrected chi connectivity index (χ3v) is 3.85. The van der Waals surface area contributed by atoms with Gasteiger partial charge >= 0.3 is 5.97 Å². The van der Waals surface area contributed by atoms with E-state index in [0.29, 0.717) is 17.2 Å². The highest BCUT2D eigenvalue weighted by molar-refractivity contribution is 5.96. The number of aryl methyl sites for hydroxylation is 1. The fourth-order valence-corrected chi connectivity index (χ4v) is 2.72. The van der Waals surface area contributed by atoms with Gasteiger partial charge in [-0.1, -0.05) is 12.1 Å². The van der Waals surface area contributed by atoms with Crippen molar-refractivity contribution >= 4 is 23.4 Å². The van der Waals surface area contributed by atoms with Gasteiger partial charge in [-0.2, -0.15) is 4.98 Å². The zero-order valence-corrected chi connectivity index (χ0v) is 13.4. The van der Waals surface area contributed by atoms with Crippen molar-refractivity contribution in [1.29, 1.82) is 0 Å². The first-order valence-corrected chi connectivity index (χ1v) is 7.72. The standard InChI is InChI=1S/C17H20N4O2/c1-12-11-15(21-9-5-6-10-21)20-17(18-12)19-14-8-4-3-7-13(14)16(22)23-2/h3-4,7-8,11H,5-6,9-10H2,1-2H3,(H,18,19,20). The number of hydrogen-bond donors (Lipinski definition) is 1. The van der Waals surface area contributed by atoms with Crippen LogP contribution in [0.1, 0.15) is 28.9 Å². The van der Waals surface area contributed by atoms with E-state index in [0.717, 1.165) is 24.6 Å². The number of nitrogens with one attached hydrogen (secondary N) is 1. The van der Waals surface area contributed by atoms with Crippen molar-refractivity contribution in [3.8, 4) is 0 Å². The SMILES string of the molecule is COC(=O)c1ccccc1Nc1nc(C)cc(N2CCCC2)n1. The van der Waals surface area contributed by atoms with Gasteiger partial charge in [0.05, 0.1) is 18.4 Å². The van der Waals surface area contributed by atoms with Crippen molar-refractivity contribution in [2.45, 2.75) is 19.8 Å². The fraction of sp³-hybridized carbons (Fsp3) is 0.353. The minimum Gasteiger partial charge on any atom is -0.465 e. The number of hydrogen-bond acceptors (Lipinski definition) is 6. The third kappa shape index (κ3) is 3.41. The van der Waals surface area contributed by atoms with Crippen molar-refractivity contribution < 1.29 is 9.53 Å². The topological polar surface area (TPSA) is 67.3 Å². The Morgan fingerprint density at radius 3 is 2.70 bits per heavy atom. The van der Waals surface area contributed by atoms with Crippen LogP contribution >= 0.6 is 0 Å². The van der Waals surface area contributed by atoms with Gasteiger partial charge in [-0.3, -0.25) is 0 Å². The van der Waals surface area contributed by atoms with Crippen LogP contribution in [0.15, 0.2) is 30.3 Å². The van der Waals surface area contributed by atoms with E-state index in [1.807, 2.05) is 25.1 Å².